The fraction of sp³-hybridized carbons (Fsp3) is 0.583. The third-order valence-electron chi connectivity index (χ3n) is 2.52. The first kappa shape index (κ1) is 13.2. The molecule has 1 N–H and O–H groups in total. The molecule has 0 atom stereocenters. The minimum absolute atomic E-state index is 0.130. The lowest BCUT2D eigenvalue weighted by atomic mass is 10.1. The molecule has 0 spiro atoms. The molecule has 5 heteroatoms. The number of aryl methyl sites for hydroxylation is 1. The molecule has 0 aliphatic heterocycles. The van der Waals surface area contributed by atoms with Crippen molar-refractivity contribution in [2.75, 3.05) is 5.32 Å². The van der Waals surface area contributed by atoms with Crippen molar-refractivity contribution in [2.24, 2.45) is 13.0 Å². The Balaban J connectivity index is 3.15. The number of hydrogen-bond donors (Lipinski definition) is 1. The molecule has 0 aromatic carbocycles. The van der Waals surface area contributed by atoms with Gasteiger partial charge in [0.2, 0.25) is 5.91 Å². The molecular formula is C12H18N4O. The summed E-state index contributed by atoms with van der Waals surface area (Å²) in [5, 5.41) is 16.0. The van der Waals surface area contributed by atoms with Crippen LogP contribution in [0.3, 0.4) is 0 Å². The van der Waals surface area contributed by atoms with E-state index in [1.54, 1.807) is 25.6 Å². The van der Waals surface area contributed by atoms with E-state index in [1.807, 2.05) is 13.8 Å². The summed E-state index contributed by atoms with van der Waals surface area (Å²) < 4.78 is 1.65. The molecule has 0 saturated heterocycles. The summed E-state index contributed by atoms with van der Waals surface area (Å²) in [4.78, 5) is 11.6. The monoisotopic (exact) mass is 234 g/mol. The quantitative estimate of drug-likeness (QED) is 0.869. The zero-order valence-corrected chi connectivity index (χ0v) is 10.9. The number of carbonyl (C=O) groups excluding carboxylic acids is 1. The van der Waals surface area contributed by atoms with Crippen LogP contribution in [0.4, 0.5) is 5.82 Å². The Hall–Kier alpha value is -1.83. The van der Waals surface area contributed by atoms with Crippen LogP contribution < -0.4 is 5.32 Å². The molecular weight excluding hydrogens is 216 g/mol. The van der Waals surface area contributed by atoms with Crippen LogP contribution in [0.1, 0.15) is 44.9 Å². The number of nitrogens with zero attached hydrogens (tertiary/aromatic N) is 3. The van der Waals surface area contributed by atoms with Crippen LogP contribution in [0, 0.1) is 17.2 Å². The van der Waals surface area contributed by atoms with Crippen molar-refractivity contribution >= 4 is 11.7 Å². The number of nitrogens with one attached hydrogen (secondary N) is 1. The maximum atomic E-state index is 11.6. The largest absolute Gasteiger partial charge is 0.308 e. The topological polar surface area (TPSA) is 70.7 Å². The Morgan fingerprint density at radius 1 is 1.41 bits per heavy atom. The van der Waals surface area contributed by atoms with E-state index < -0.39 is 0 Å². The Kier molecular flexibility index (Phi) is 3.89. The van der Waals surface area contributed by atoms with Gasteiger partial charge < -0.3 is 5.32 Å². The lowest BCUT2D eigenvalue weighted by Gasteiger charge is -2.05. The highest BCUT2D eigenvalue weighted by Crippen LogP contribution is 2.24. The van der Waals surface area contributed by atoms with Crippen molar-refractivity contribution in [3.8, 4) is 6.07 Å². The highest BCUT2D eigenvalue weighted by atomic mass is 16.1. The summed E-state index contributed by atoms with van der Waals surface area (Å²) in [6, 6.07) is 2.11. The summed E-state index contributed by atoms with van der Waals surface area (Å²) in [7, 11) is 1.78. The Labute approximate surface area is 101 Å². The highest BCUT2D eigenvalue weighted by Gasteiger charge is 2.20. The minimum Gasteiger partial charge on any atom is -0.308 e. The fourth-order valence-electron chi connectivity index (χ4n) is 1.66. The van der Waals surface area contributed by atoms with Crippen molar-refractivity contribution in [3.05, 3.63) is 11.3 Å². The van der Waals surface area contributed by atoms with Crippen LogP contribution in [0.15, 0.2) is 0 Å². The van der Waals surface area contributed by atoms with Gasteiger partial charge in [0.15, 0.2) is 5.82 Å². The molecule has 1 aromatic heterocycles. The van der Waals surface area contributed by atoms with Gasteiger partial charge in [-0.3, -0.25) is 9.48 Å². The first-order valence-electron chi connectivity index (χ1n) is 5.66. The highest BCUT2D eigenvalue weighted by molar-refractivity contribution is 5.92. The SMILES string of the molecule is CC(C)C(=O)Nc1nn(C)c(C(C)C)c1C#N. The van der Waals surface area contributed by atoms with Crippen LogP contribution in [0.2, 0.25) is 0 Å². The number of nitriles is 1. The van der Waals surface area contributed by atoms with E-state index in [2.05, 4.69) is 16.5 Å². The molecule has 1 aromatic rings. The average Bonchev–Trinajstić information content (AvgIpc) is 2.53. The van der Waals surface area contributed by atoms with Gasteiger partial charge in [0.1, 0.15) is 11.6 Å². The Morgan fingerprint density at radius 3 is 2.41 bits per heavy atom. The van der Waals surface area contributed by atoms with Crippen molar-refractivity contribution in [1.29, 1.82) is 5.26 Å². The molecule has 1 amide bonds. The Bertz CT molecular complexity index is 466. The van der Waals surface area contributed by atoms with E-state index in [1.165, 1.54) is 0 Å². The molecule has 92 valence electrons. The summed E-state index contributed by atoms with van der Waals surface area (Å²) in [6.07, 6.45) is 0. The summed E-state index contributed by atoms with van der Waals surface area (Å²) in [5.41, 5.74) is 1.29. The molecule has 0 aliphatic carbocycles. The third kappa shape index (κ3) is 2.64. The molecule has 0 fully saturated rings. The average molecular weight is 234 g/mol. The van der Waals surface area contributed by atoms with Gasteiger partial charge in [0, 0.05) is 13.0 Å². The first-order chi connectivity index (χ1) is 7.88. The van der Waals surface area contributed by atoms with Gasteiger partial charge >= 0.3 is 0 Å². The van der Waals surface area contributed by atoms with E-state index >= 15 is 0 Å². The molecule has 1 rings (SSSR count). The standard InChI is InChI=1S/C12H18N4O/c1-7(2)10-9(6-13)11(15-16(10)5)14-12(17)8(3)4/h7-8H,1-5H3,(H,14,15,17). The maximum Gasteiger partial charge on any atom is 0.228 e. The molecule has 0 bridgehead atoms. The van der Waals surface area contributed by atoms with E-state index in [4.69, 9.17) is 5.26 Å². The van der Waals surface area contributed by atoms with Gasteiger partial charge in [-0.15, -0.1) is 0 Å². The van der Waals surface area contributed by atoms with Crippen LogP contribution >= 0.6 is 0 Å². The first-order valence-corrected chi connectivity index (χ1v) is 5.66. The van der Waals surface area contributed by atoms with Crippen molar-refractivity contribution in [2.45, 2.75) is 33.6 Å². The third-order valence-corrected chi connectivity index (χ3v) is 2.52. The summed E-state index contributed by atoms with van der Waals surface area (Å²) in [6.45, 7) is 7.58. The van der Waals surface area contributed by atoms with E-state index in [0.717, 1.165) is 5.69 Å². The van der Waals surface area contributed by atoms with Gasteiger partial charge in [0.05, 0.1) is 5.69 Å². The second kappa shape index (κ2) is 5.00. The Morgan fingerprint density at radius 2 is 2.00 bits per heavy atom. The zero-order chi connectivity index (χ0) is 13.2. The molecule has 0 radical (unpaired) electrons. The molecule has 1 heterocycles. The predicted molar refractivity (Wildman–Crippen MR) is 65.5 cm³/mol. The van der Waals surface area contributed by atoms with Crippen LogP contribution in [-0.4, -0.2) is 15.7 Å². The minimum atomic E-state index is -0.133. The number of hydrogen-bond acceptors (Lipinski definition) is 3. The molecule has 0 unspecified atom stereocenters. The van der Waals surface area contributed by atoms with Gasteiger partial charge in [-0.25, -0.2) is 0 Å². The van der Waals surface area contributed by atoms with Crippen molar-refractivity contribution < 1.29 is 4.79 Å². The fourth-order valence-corrected chi connectivity index (χ4v) is 1.66. The van der Waals surface area contributed by atoms with Crippen molar-refractivity contribution in [3.63, 3.8) is 0 Å². The van der Waals surface area contributed by atoms with Gasteiger partial charge in [-0.05, 0) is 5.92 Å². The predicted octanol–water partition coefficient (Wildman–Crippen LogP) is 2.01. The number of amides is 1. The lowest BCUT2D eigenvalue weighted by molar-refractivity contribution is -0.118. The van der Waals surface area contributed by atoms with E-state index in [-0.39, 0.29) is 17.7 Å². The smallest absolute Gasteiger partial charge is 0.228 e. The zero-order valence-electron chi connectivity index (χ0n) is 10.9. The number of aromatic nitrogens is 2. The second-order valence-corrected chi connectivity index (χ2v) is 4.64. The number of carbonyl (C=O) groups is 1. The molecule has 0 saturated carbocycles. The normalized spacial score (nSPS) is 10.7. The van der Waals surface area contributed by atoms with Crippen LogP contribution in [0.25, 0.3) is 0 Å². The van der Waals surface area contributed by atoms with Gasteiger partial charge in [0.25, 0.3) is 0 Å². The maximum absolute atomic E-state index is 11.6. The van der Waals surface area contributed by atoms with Crippen molar-refractivity contribution in [1.82, 2.24) is 9.78 Å². The molecule has 5 nitrogen and oxygen atoms in total. The van der Waals surface area contributed by atoms with Crippen LogP contribution in [0.5, 0.6) is 0 Å². The van der Waals surface area contributed by atoms with Gasteiger partial charge in [-0.2, -0.15) is 10.4 Å². The lowest BCUT2D eigenvalue weighted by Crippen LogP contribution is -2.18. The van der Waals surface area contributed by atoms with Crippen LogP contribution in [-0.2, 0) is 11.8 Å². The van der Waals surface area contributed by atoms with Gasteiger partial charge in [-0.1, -0.05) is 27.7 Å². The summed E-state index contributed by atoms with van der Waals surface area (Å²) in [5.74, 6) is 0.283. The molecule has 0 aliphatic rings. The molecule has 17 heavy (non-hydrogen) atoms. The number of anilines is 1. The van der Waals surface area contributed by atoms with E-state index in [0.29, 0.717) is 11.4 Å². The second-order valence-electron chi connectivity index (χ2n) is 4.64. The number of rotatable bonds is 3. The van der Waals surface area contributed by atoms with E-state index in [9.17, 15) is 4.79 Å². The summed E-state index contributed by atoms with van der Waals surface area (Å²) >= 11 is 0.